The molecule has 0 radical (unpaired) electrons. The number of pyridine rings is 1. The lowest BCUT2D eigenvalue weighted by Gasteiger charge is -2.22. The van der Waals surface area contributed by atoms with E-state index in [1.54, 1.807) is 12.1 Å². The van der Waals surface area contributed by atoms with E-state index in [-0.39, 0.29) is 17.9 Å². The van der Waals surface area contributed by atoms with Gasteiger partial charge in [0, 0.05) is 12.7 Å². The number of carbonyl (C=O) groups is 1. The maximum Gasteiger partial charge on any atom is 0.269 e. The van der Waals surface area contributed by atoms with E-state index in [1.807, 2.05) is 20.8 Å². The van der Waals surface area contributed by atoms with E-state index in [1.165, 1.54) is 6.20 Å². The first-order chi connectivity index (χ1) is 8.28. The number of rotatable bonds is 4. The second-order valence-electron chi connectivity index (χ2n) is 5.49. The highest BCUT2D eigenvalue weighted by atomic mass is 35.5. The van der Waals surface area contributed by atoms with Crippen molar-refractivity contribution in [3.8, 4) is 0 Å². The number of aliphatic hydroxyl groups is 1. The molecule has 1 heterocycles. The molecule has 1 rings (SSSR count). The minimum absolute atomic E-state index is 0.0304. The van der Waals surface area contributed by atoms with Crippen molar-refractivity contribution in [2.45, 2.75) is 33.3 Å². The molecule has 0 aliphatic heterocycles. The van der Waals surface area contributed by atoms with Gasteiger partial charge in [0.15, 0.2) is 0 Å². The molecule has 1 aromatic heterocycles. The molecule has 1 atom stereocenters. The fraction of sp³-hybridized carbons (Fsp3) is 0.538. The van der Waals surface area contributed by atoms with E-state index in [4.69, 9.17) is 11.6 Å². The van der Waals surface area contributed by atoms with Crippen LogP contribution in [0, 0.1) is 5.41 Å². The fourth-order valence-corrected chi connectivity index (χ4v) is 1.70. The van der Waals surface area contributed by atoms with E-state index in [0.29, 0.717) is 17.1 Å². The molecule has 1 aromatic rings. The topological polar surface area (TPSA) is 62.2 Å². The summed E-state index contributed by atoms with van der Waals surface area (Å²) in [5.74, 6) is -0.306. The van der Waals surface area contributed by atoms with Crippen molar-refractivity contribution in [3.63, 3.8) is 0 Å². The van der Waals surface area contributed by atoms with Gasteiger partial charge in [-0.3, -0.25) is 4.79 Å². The van der Waals surface area contributed by atoms with Crippen molar-refractivity contribution in [1.29, 1.82) is 0 Å². The lowest BCUT2D eigenvalue weighted by molar-refractivity contribution is 0.0864. The molecule has 0 saturated carbocycles. The number of nitrogens with zero attached hydrogens (tertiary/aromatic N) is 1. The van der Waals surface area contributed by atoms with Gasteiger partial charge in [0.1, 0.15) is 5.69 Å². The summed E-state index contributed by atoms with van der Waals surface area (Å²) in [6, 6.07) is 3.16. The van der Waals surface area contributed by atoms with Crippen LogP contribution in [0.2, 0.25) is 5.02 Å². The monoisotopic (exact) mass is 270 g/mol. The molecule has 18 heavy (non-hydrogen) atoms. The van der Waals surface area contributed by atoms with Gasteiger partial charge in [-0.25, -0.2) is 4.98 Å². The number of amides is 1. The third-order valence-electron chi connectivity index (χ3n) is 2.31. The van der Waals surface area contributed by atoms with Crippen LogP contribution in [0.3, 0.4) is 0 Å². The molecule has 4 nitrogen and oxygen atoms in total. The second kappa shape index (κ2) is 6.16. The van der Waals surface area contributed by atoms with E-state index in [9.17, 15) is 9.90 Å². The Hall–Kier alpha value is -1.13. The summed E-state index contributed by atoms with van der Waals surface area (Å²) in [7, 11) is 0. The van der Waals surface area contributed by atoms with E-state index < -0.39 is 6.10 Å². The summed E-state index contributed by atoms with van der Waals surface area (Å²) in [6.45, 7) is 6.34. The molecule has 0 aliphatic rings. The van der Waals surface area contributed by atoms with Gasteiger partial charge >= 0.3 is 0 Å². The number of halogens is 1. The fourth-order valence-electron chi connectivity index (χ4n) is 1.59. The molecule has 0 fully saturated rings. The highest BCUT2D eigenvalue weighted by Crippen LogP contribution is 2.20. The average Bonchev–Trinajstić information content (AvgIpc) is 2.24. The summed E-state index contributed by atoms with van der Waals surface area (Å²) >= 11 is 5.68. The highest BCUT2D eigenvalue weighted by Gasteiger charge is 2.17. The molecule has 1 amide bonds. The first kappa shape index (κ1) is 14.9. The largest absolute Gasteiger partial charge is 0.391 e. The number of hydrogen-bond acceptors (Lipinski definition) is 3. The molecule has 0 bridgehead atoms. The highest BCUT2D eigenvalue weighted by molar-refractivity contribution is 6.30. The molecule has 100 valence electrons. The van der Waals surface area contributed by atoms with Crippen LogP contribution in [0.15, 0.2) is 18.3 Å². The SMILES string of the molecule is CC(C)(C)CC(O)CNC(=O)c1ccc(Cl)cn1. The minimum atomic E-state index is -0.554. The van der Waals surface area contributed by atoms with Crippen LogP contribution in [0.4, 0.5) is 0 Å². The third kappa shape index (κ3) is 5.47. The summed E-state index contributed by atoms with van der Waals surface area (Å²) in [6.07, 6.45) is 1.49. The van der Waals surface area contributed by atoms with Crippen LogP contribution >= 0.6 is 11.6 Å². The number of aromatic nitrogens is 1. The van der Waals surface area contributed by atoms with Crippen molar-refractivity contribution >= 4 is 17.5 Å². The van der Waals surface area contributed by atoms with E-state index >= 15 is 0 Å². The standard InChI is InChI=1S/C13H19ClN2O2/c1-13(2,3)6-10(17)8-16-12(18)11-5-4-9(14)7-15-11/h4-5,7,10,17H,6,8H2,1-3H3,(H,16,18). The lowest BCUT2D eigenvalue weighted by Crippen LogP contribution is -2.34. The Morgan fingerprint density at radius 1 is 1.50 bits per heavy atom. The molecule has 2 N–H and O–H groups in total. The zero-order valence-electron chi connectivity index (χ0n) is 10.9. The molecule has 0 aliphatic carbocycles. The number of aliphatic hydroxyl groups excluding tert-OH is 1. The Morgan fingerprint density at radius 3 is 2.67 bits per heavy atom. The van der Waals surface area contributed by atoms with E-state index in [0.717, 1.165) is 0 Å². The average molecular weight is 271 g/mol. The van der Waals surface area contributed by atoms with Crippen molar-refractivity contribution in [3.05, 3.63) is 29.0 Å². The normalized spacial score (nSPS) is 13.2. The van der Waals surface area contributed by atoms with Gasteiger partial charge < -0.3 is 10.4 Å². The van der Waals surface area contributed by atoms with Gasteiger partial charge in [-0.2, -0.15) is 0 Å². The molecule has 0 saturated heterocycles. The summed E-state index contributed by atoms with van der Waals surface area (Å²) in [5.41, 5.74) is 0.324. The molecule has 0 spiro atoms. The molecule has 5 heteroatoms. The Kier molecular flexibility index (Phi) is 5.11. The van der Waals surface area contributed by atoms with Crippen LogP contribution in [0.5, 0.6) is 0 Å². The molecular weight excluding hydrogens is 252 g/mol. The first-order valence-corrected chi connectivity index (χ1v) is 6.23. The van der Waals surface area contributed by atoms with Gasteiger partial charge in [0.2, 0.25) is 0 Å². The maximum atomic E-state index is 11.7. The second-order valence-corrected chi connectivity index (χ2v) is 5.93. The zero-order valence-corrected chi connectivity index (χ0v) is 11.7. The Labute approximate surface area is 112 Å². The van der Waals surface area contributed by atoms with Crippen LogP contribution in [-0.2, 0) is 0 Å². The molecule has 1 unspecified atom stereocenters. The minimum Gasteiger partial charge on any atom is -0.391 e. The van der Waals surface area contributed by atoms with Crippen LogP contribution in [0.1, 0.15) is 37.7 Å². The summed E-state index contributed by atoms with van der Waals surface area (Å²) in [5, 5.41) is 12.9. The maximum absolute atomic E-state index is 11.7. The first-order valence-electron chi connectivity index (χ1n) is 5.86. The summed E-state index contributed by atoms with van der Waals surface area (Å²) in [4.78, 5) is 15.6. The number of carbonyl (C=O) groups excluding carboxylic acids is 1. The van der Waals surface area contributed by atoms with Crippen LogP contribution in [0.25, 0.3) is 0 Å². The molecular formula is C13H19ClN2O2. The Morgan fingerprint density at radius 2 is 2.17 bits per heavy atom. The molecule has 0 aromatic carbocycles. The quantitative estimate of drug-likeness (QED) is 0.882. The number of hydrogen-bond donors (Lipinski definition) is 2. The Bertz CT molecular complexity index is 398. The summed E-state index contributed by atoms with van der Waals surface area (Å²) < 4.78 is 0. The van der Waals surface area contributed by atoms with Crippen molar-refractivity contribution in [1.82, 2.24) is 10.3 Å². The lowest BCUT2D eigenvalue weighted by atomic mass is 9.89. The van der Waals surface area contributed by atoms with E-state index in [2.05, 4.69) is 10.3 Å². The van der Waals surface area contributed by atoms with Crippen molar-refractivity contribution < 1.29 is 9.90 Å². The van der Waals surface area contributed by atoms with Crippen LogP contribution < -0.4 is 5.32 Å². The van der Waals surface area contributed by atoms with Gasteiger partial charge in [-0.05, 0) is 24.0 Å². The predicted octanol–water partition coefficient (Wildman–Crippen LogP) is 2.26. The van der Waals surface area contributed by atoms with Gasteiger partial charge in [-0.15, -0.1) is 0 Å². The van der Waals surface area contributed by atoms with Crippen molar-refractivity contribution in [2.24, 2.45) is 5.41 Å². The van der Waals surface area contributed by atoms with Crippen molar-refractivity contribution in [2.75, 3.05) is 6.54 Å². The smallest absolute Gasteiger partial charge is 0.269 e. The number of nitrogens with one attached hydrogen (secondary N) is 1. The van der Waals surface area contributed by atoms with Gasteiger partial charge in [0.05, 0.1) is 11.1 Å². The third-order valence-corrected chi connectivity index (χ3v) is 2.53. The van der Waals surface area contributed by atoms with Crippen LogP contribution in [-0.4, -0.2) is 28.6 Å². The van der Waals surface area contributed by atoms with Gasteiger partial charge in [0.25, 0.3) is 5.91 Å². The van der Waals surface area contributed by atoms with Gasteiger partial charge in [-0.1, -0.05) is 32.4 Å². The predicted molar refractivity (Wildman–Crippen MR) is 71.7 cm³/mol. The Balaban J connectivity index is 2.44. The zero-order chi connectivity index (χ0) is 13.8.